The molecule has 0 fully saturated rings. The fourth-order valence-corrected chi connectivity index (χ4v) is 2.73. The average molecular weight is 376 g/mol. The fraction of sp³-hybridized carbons (Fsp3) is 0.353. The van der Waals surface area contributed by atoms with E-state index in [4.69, 9.17) is 17.3 Å². The molecule has 0 aliphatic heterocycles. The van der Waals surface area contributed by atoms with Gasteiger partial charge in [0.05, 0.1) is 23.1 Å². The van der Waals surface area contributed by atoms with Crippen molar-refractivity contribution in [2.45, 2.75) is 33.0 Å². The fourth-order valence-electron chi connectivity index (χ4n) is 2.53. The largest absolute Gasteiger partial charge is 0.397 e. The molecule has 8 nitrogen and oxygen atoms in total. The van der Waals surface area contributed by atoms with E-state index < -0.39 is 6.10 Å². The summed E-state index contributed by atoms with van der Waals surface area (Å²) in [6, 6.07) is 5.51. The van der Waals surface area contributed by atoms with E-state index in [0.717, 1.165) is 17.8 Å². The summed E-state index contributed by atoms with van der Waals surface area (Å²) in [7, 11) is 0. The van der Waals surface area contributed by atoms with Crippen LogP contribution in [-0.4, -0.2) is 37.3 Å². The number of nitrogens with two attached hydrogens (primary N) is 1. The van der Waals surface area contributed by atoms with Crippen molar-refractivity contribution in [3.05, 3.63) is 35.1 Å². The van der Waals surface area contributed by atoms with Crippen LogP contribution in [0.25, 0.3) is 11.2 Å². The first-order valence-corrected chi connectivity index (χ1v) is 8.79. The van der Waals surface area contributed by atoms with Gasteiger partial charge in [0.25, 0.3) is 0 Å². The predicted octanol–water partition coefficient (Wildman–Crippen LogP) is 2.49. The summed E-state index contributed by atoms with van der Waals surface area (Å²) in [4.78, 5) is 13.4. The van der Waals surface area contributed by atoms with Gasteiger partial charge >= 0.3 is 0 Å². The summed E-state index contributed by atoms with van der Waals surface area (Å²) in [6.07, 6.45) is 1.23. The number of aromatic nitrogens is 4. The van der Waals surface area contributed by atoms with Gasteiger partial charge in [-0.15, -0.1) is 0 Å². The van der Waals surface area contributed by atoms with Crippen LogP contribution >= 0.6 is 11.6 Å². The Morgan fingerprint density at radius 1 is 1.31 bits per heavy atom. The molecule has 2 aromatic heterocycles. The zero-order valence-electron chi connectivity index (χ0n) is 14.7. The van der Waals surface area contributed by atoms with E-state index in [1.54, 1.807) is 19.3 Å². The predicted molar refractivity (Wildman–Crippen MR) is 104 cm³/mol. The molecule has 0 amide bonds. The van der Waals surface area contributed by atoms with Gasteiger partial charge in [-0.25, -0.2) is 4.98 Å². The van der Waals surface area contributed by atoms with Crippen LogP contribution in [0.15, 0.2) is 24.5 Å². The molecule has 0 saturated carbocycles. The third-order valence-corrected chi connectivity index (χ3v) is 4.28. The number of nitrogens with zero attached hydrogens (tertiary/aromatic N) is 4. The molecule has 26 heavy (non-hydrogen) atoms. The minimum Gasteiger partial charge on any atom is -0.397 e. The molecule has 1 aromatic carbocycles. The van der Waals surface area contributed by atoms with Gasteiger partial charge in [-0.3, -0.25) is 0 Å². The molecule has 2 heterocycles. The number of aryl methyl sites for hydroxylation is 1. The molecular weight excluding hydrogens is 354 g/mol. The van der Waals surface area contributed by atoms with E-state index in [2.05, 4.69) is 25.6 Å². The molecule has 138 valence electrons. The maximum Gasteiger partial charge on any atom is 0.226 e. The maximum atomic E-state index is 9.49. The minimum atomic E-state index is -0.506. The number of hydrogen-bond acceptors (Lipinski definition) is 7. The Morgan fingerprint density at radius 3 is 2.85 bits per heavy atom. The Labute approximate surface area is 156 Å². The van der Waals surface area contributed by atoms with E-state index in [1.807, 2.05) is 23.6 Å². The number of hydrogen-bond donors (Lipinski definition) is 4. The number of halogens is 1. The summed E-state index contributed by atoms with van der Waals surface area (Å²) < 4.78 is 1.93. The Bertz CT molecular complexity index is 910. The number of anilines is 3. The molecular formula is C17H22ClN7O. The monoisotopic (exact) mass is 375 g/mol. The summed E-state index contributed by atoms with van der Waals surface area (Å²) in [6.45, 7) is 5.26. The number of nitrogen functional groups attached to an aromatic ring is 1. The molecule has 9 heteroatoms. The van der Waals surface area contributed by atoms with Crippen molar-refractivity contribution in [1.29, 1.82) is 0 Å². The van der Waals surface area contributed by atoms with Gasteiger partial charge in [0, 0.05) is 19.6 Å². The zero-order valence-corrected chi connectivity index (χ0v) is 15.5. The van der Waals surface area contributed by atoms with Crippen molar-refractivity contribution >= 4 is 40.2 Å². The van der Waals surface area contributed by atoms with Gasteiger partial charge in [0.2, 0.25) is 5.95 Å². The van der Waals surface area contributed by atoms with Crippen LogP contribution in [-0.2, 0) is 13.1 Å². The number of rotatable bonds is 7. The quantitative estimate of drug-likeness (QED) is 0.469. The van der Waals surface area contributed by atoms with Gasteiger partial charge in [-0.2, -0.15) is 9.97 Å². The summed E-state index contributed by atoms with van der Waals surface area (Å²) in [5, 5.41) is 16.3. The summed E-state index contributed by atoms with van der Waals surface area (Å²) >= 11 is 6.08. The number of imidazole rings is 1. The minimum absolute atomic E-state index is 0.354. The highest BCUT2D eigenvalue weighted by Gasteiger charge is 2.14. The third-order valence-electron chi connectivity index (χ3n) is 3.95. The van der Waals surface area contributed by atoms with Crippen LogP contribution < -0.4 is 16.4 Å². The van der Waals surface area contributed by atoms with Crippen molar-refractivity contribution in [2.24, 2.45) is 0 Å². The Hall–Kier alpha value is -2.58. The second-order valence-corrected chi connectivity index (χ2v) is 6.40. The second kappa shape index (κ2) is 7.76. The van der Waals surface area contributed by atoms with E-state index in [9.17, 15) is 5.11 Å². The Morgan fingerprint density at radius 2 is 2.12 bits per heavy atom. The van der Waals surface area contributed by atoms with Gasteiger partial charge < -0.3 is 26.0 Å². The van der Waals surface area contributed by atoms with E-state index in [-0.39, 0.29) is 0 Å². The lowest BCUT2D eigenvalue weighted by Gasteiger charge is -2.12. The third kappa shape index (κ3) is 3.81. The summed E-state index contributed by atoms with van der Waals surface area (Å²) in [5.74, 6) is 1.02. The van der Waals surface area contributed by atoms with Crippen molar-refractivity contribution in [2.75, 3.05) is 22.9 Å². The molecule has 3 rings (SSSR count). The SMILES string of the molecule is CCn1cnc2c(NCc3cccc(Cl)c3N)nc(NCC(C)O)nc21. The second-order valence-electron chi connectivity index (χ2n) is 5.99. The lowest BCUT2D eigenvalue weighted by molar-refractivity contribution is 0.208. The highest BCUT2D eigenvalue weighted by molar-refractivity contribution is 6.33. The maximum absolute atomic E-state index is 9.49. The first-order chi connectivity index (χ1) is 12.5. The van der Waals surface area contributed by atoms with Crippen LogP contribution in [0.3, 0.4) is 0 Å². The molecule has 0 radical (unpaired) electrons. The molecule has 0 aliphatic rings. The molecule has 0 spiro atoms. The molecule has 0 bridgehead atoms. The number of aliphatic hydroxyl groups excluding tert-OH is 1. The molecule has 1 unspecified atom stereocenters. The van der Waals surface area contributed by atoms with Gasteiger partial charge in [0.1, 0.15) is 0 Å². The molecule has 0 aliphatic carbocycles. The Kier molecular flexibility index (Phi) is 5.43. The highest BCUT2D eigenvalue weighted by Crippen LogP contribution is 2.25. The molecule has 1 atom stereocenters. The van der Waals surface area contributed by atoms with Gasteiger partial charge in [0.15, 0.2) is 17.0 Å². The van der Waals surface area contributed by atoms with Crippen LogP contribution in [0, 0.1) is 0 Å². The Balaban J connectivity index is 1.92. The number of benzene rings is 1. The lowest BCUT2D eigenvalue weighted by atomic mass is 10.2. The van der Waals surface area contributed by atoms with Crippen LogP contribution in [0.5, 0.6) is 0 Å². The topological polar surface area (TPSA) is 114 Å². The highest BCUT2D eigenvalue weighted by atomic mass is 35.5. The van der Waals surface area contributed by atoms with Crippen LogP contribution in [0.1, 0.15) is 19.4 Å². The smallest absolute Gasteiger partial charge is 0.226 e. The first kappa shape index (κ1) is 18.2. The average Bonchev–Trinajstić information content (AvgIpc) is 3.04. The number of para-hydroxylation sites is 1. The van der Waals surface area contributed by atoms with Gasteiger partial charge in [-0.05, 0) is 25.5 Å². The van der Waals surface area contributed by atoms with Gasteiger partial charge in [-0.1, -0.05) is 23.7 Å². The van der Waals surface area contributed by atoms with E-state index >= 15 is 0 Å². The number of nitrogens with one attached hydrogen (secondary N) is 2. The first-order valence-electron chi connectivity index (χ1n) is 8.41. The zero-order chi connectivity index (χ0) is 18.7. The molecule has 3 aromatic rings. The van der Waals surface area contributed by atoms with Crippen molar-refractivity contribution < 1.29 is 5.11 Å². The van der Waals surface area contributed by atoms with E-state index in [1.165, 1.54) is 0 Å². The van der Waals surface area contributed by atoms with E-state index in [0.29, 0.717) is 41.1 Å². The molecule has 0 saturated heterocycles. The van der Waals surface area contributed by atoms with Crippen LogP contribution in [0.4, 0.5) is 17.5 Å². The number of fused-ring (bicyclic) bond motifs is 1. The van der Waals surface area contributed by atoms with Crippen molar-refractivity contribution in [3.63, 3.8) is 0 Å². The normalized spacial score (nSPS) is 12.3. The standard InChI is InChI=1S/C17H22ClN7O/c1-3-25-9-22-14-15(20-8-11-5-4-6-12(18)13(11)19)23-17(24-16(14)25)21-7-10(2)26/h4-6,9-10,26H,3,7-8,19H2,1-2H3,(H2,20,21,23,24). The van der Waals surface area contributed by atoms with Crippen molar-refractivity contribution in [1.82, 2.24) is 19.5 Å². The number of aliphatic hydroxyl groups is 1. The summed E-state index contributed by atoms with van der Waals surface area (Å²) in [5.41, 5.74) is 8.84. The van der Waals surface area contributed by atoms with Crippen LogP contribution in [0.2, 0.25) is 5.02 Å². The lowest BCUT2D eigenvalue weighted by Crippen LogP contribution is -2.17. The van der Waals surface area contributed by atoms with Crippen molar-refractivity contribution in [3.8, 4) is 0 Å². The molecule has 5 N–H and O–H groups in total.